The summed E-state index contributed by atoms with van der Waals surface area (Å²) in [5, 5.41) is 7.79. The second-order valence-electron chi connectivity index (χ2n) is 8.71. The lowest BCUT2D eigenvalue weighted by molar-refractivity contribution is 0.586. The molecule has 0 aliphatic heterocycles. The highest BCUT2D eigenvalue weighted by atomic mass is 16.1. The lowest BCUT2D eigenvalue weighted by Gasteiger charge is -2.18. The molecule has 4 aromatic rings. The van der Waals surface area contributed by atoms with E-state index >= 15 is 0 Å². The number of H-pyrrole nitrogens is 2. The van der Waals surface area contributed by atoms with Crippen molar-refractivity contribution in [1.29, 1.82) is 0 Å². The van der Waals surface area contributed by atoms with E-state index in [9.17, 15) is 4.79 Å². The highest BCUT2D eigenvalue weighted by Crippen LogP contribution is 2.23. The van der Waals surface area contributed by atoms with Gasteiger partial charge in [-0.3, -0.25) is 9.38 Å². The zero-order valence-electron chi connectivity index (χ0n) is 16.7. The number of imidazole rings is 1. The molecule has 0 unspecified atom stereocenters. The number of fused-ring (bicyclic) bond motifs is 2. The van der Waals surface area contributed by atoms with Crippen molar-refractivity contribution in [2.45, 2.75) is 52.4 Å². The summed E-state index contributed by atoms with van der Waals surface area (Å²) in [5.41, 5.74) is 4.70. The molecule has 0 aromatic carbocycles. The number of pyridine rings is 2. The van der Waals surface area contributed by atoms with Crippen LogP contribution in [0.5, 0.6) is 0 Å². The Morgan fingerprint density at radius 3 is 2.33 bits per heavy atom. The Morgan fingerprint density at radius 2 is 1.67 bits per heavy atom. The average Bonchev–Trinajstić information content (AvgIpc) is 3.16. The first-order valence-corrected chi connectivity index (χ1v) is 8.92. The first kappa shape index (κ1) is 18.8. The van der Waals surface area contributed by atoms with Crippen LogP contribution in [0.3, 0.4) is 0 Å². The minimum Gasteiger partial charge on any atom is -0.304 e. The third-order valence-electron chi connectivity index (χ3n) is 4.39. The van der Waals surface area contributed by atoms with Crippen LogP contribution in [-0.2, 0) is 10.8 Å². The van der Waals surface area contributed by atoms with E-state index in [2.05, 4.69) is 79.0 Å². The summed E-state index contributed by atoms with van der Waals surface area (Å²) in [6, 6.07) is 6.05. The standard InChI is InChI=1S/C10H13N3O.C10H13N3/c1-10(2,3)6-4-7-8(11-5-6)13-9(14)12-7;1-10(2,3)8-4-5-9-12-11-7-13(9)6-8/h4-5H,1-3H3,(H2,11,12,13,14);4-7H,1-3H3. The molecule has 4 aromatic heterocycles. The van der Waals surface area contributed by atoms with E-state index in [1.807, 2.05) is 16.5 Å². The summed E-state index contributed by atoms with van der Waals surface area (Å²) in [7, 11) is 0. The maximum absolute atomic E-state index is 11.0. The number of hydrogen-bond donors (Lipinski definition) is 2. The van der Waals surface area contributed by atoms with Gasteiger partial charge < -0.3 is 4.98 Å². The Bertz CT molecular complexity index is 1120. The van der Waals surface area contributed by atoms with E-state index in [1.54, 1.807) is 12.5 Å². The Hall–Kier alpha value is -2.96. The lowest BCUT2D eigenvalue weighted by atomic mass is 9.88. The average molecular weight is 366 g/mol. The molecule has 7 heteroatoms. The molecule has 0 saturated heterocycles. The highest BCUT2D eigenvalue weighted by Gasteiger charge is 2.15. The van der Waals surface area contributed by atoms with Gasteiger partial charge in [-0.25, -0.2) is 9.78 Å². The maximum atomic E-state index is 11.0. The fourth-order valence-electron chi connectivity index (χ4n) is 2.60. The fraction of sp³-hybridized carbons (Fsp3) is 0.400. The molecule has 0 fully saturated rings. The van der Waals surface area contributed by atoms with Gasteiger partial charge in [-0.1, -0.05) is 47.6 Å². The first-order valence-electron chi connectivity index (χ1n) is 8.92. The molecule has 0 atom stereocenters. The topological polar surface area (TPSA) is 91.7 Å². The quantitative estimate of drug-likeness (QED) is 0.498. The van der Waals surface area contributed by atoms with Crippen LogP contribution in [-0.4, -0.2) is 29.5 Å². The van der Waals surface area contributed by atoms with E-state index in [4.69, 9.17) is 0 Å². The van der Waals surface area contributed by atoms with Gasteiger partial charge in [0, 0.05) is 12.4 Å². The van der Waals surface area contributed by atoms with Gasteiger partial charge in [-0.15, -0.1) is 10.2 Å². The predicted octanol–water partition coefficient (Wildman–Crippen LogP) is 3.58. The number of hydrogen-bond acceptors (Lipinski definition) is 4. The number of rotatable bonds is 0. The number of aromatic nitrogens is 6. The number of aromatic amines is 2. The van der Waals surface area contributed by atoms with Gasteiger partial charge in [0.05, 0.1) is 5.52 Å². The molecular weight excluding hydrogens is 340 g/mol. The van der Waals surface area contributed by atoms with Crippen LogP contribution in [0.2, 0.25) is 0 Å². The molecule has 142 valence electrons. The molecule has 4 rings (SSSR count). The summed E-state index contributed by atoms with van der Waals surface area (Å²) < 4.78 is 1.95. The summed E-state index contributed by atoms with van der Waals surface area (Å²) >= 11 is 0. The van der Waals surface area contributed by atoms with Gasteiger partial charge in [0.25, 0.3) is 0 Å². The Labute approximate surface area is 157 Å². The molecule has 0 spiro atoms. The summed E-state index contributed by atoms with van der Waals surface area (Å²) in [6.07, 6.45) is 5.60. The Kier molecular flexibility index (Phi) is 4.63. The van der Waals surface area contributed by atoms with Gasteiger partial charge in [0.15, 0.2) is 11.3 Å². The van der Waals surface area contributed by atoms with Gasteiger partial charge in [0.2, 0.25) is 0 Å². The minimum atomic E-state index is -0.210. The van der Waals surface area contributed by atoms with Gasteiger partial charge >= 0.3 is 5.69 Å². The molecule has 0 amide bonds. The van der Waals surface area contributed by atoms with Crippen LogP contribution in [0, 0.1) is 0 Å². The Morgan fingerprint density at radius 1 is 0.963 bits per heavy atom. The zero-order chi connectivity index (χ0) is 19.8. The highest BCUT2D eigenvalue weighted by molar-refractivity contribution is 5.70. The van der Waals surface area contributed by atoms with Crippen LogP contribution in [0.1, 0.15) is 52.7 Å². The third-order valence-corrected chi connectivity index (χ3v) is 4.39. The van der Waals surface area contributed by atoms with Crippen LogP contribution in [0.15, 0.2) is 41.7 Å². The van der Waals surface area contributed by atoms with Crippen molar-refractivity contribution in [2.24, 2.45) is 0 Å². The van der Waals surface area contributed by atoms with Gasteiger partial charge in [-0.05, 0) is 34.1 Å². The normalized spacial score (nSPS) is 12.2. The number of nitrogens with zero attached hydrogens (tertiary/aromatic N) is 4. The fourth-order valence-corrected chi connectivity index (χ4v) is 2.60. The van der Waals surface area contributed by atoms with Crippen molar-refractivity contribution in [3.8, 4) is 0 Å². The molecule has 0 aliphatic rings. The van der Waals surface area contributed by atoms with E-state index < -0.39 is 0 Å². The molecule has 4 heterocycles. The van der Waals surface area contributed by atoms with Crippen LogP contribution in [0.4, 0.5) is 0 Å². The molecule has 0 radical (unpaired) electrons. The Balaban J connectivity index is 0.000000156. The minimum absolute atomic E-state index is 0.0509. The molecular formula is C20H26N6O. The molecule has 0 bridgehead atoms. The third kappa shape index (κ3) is 4.24. The second kappa shape index (κ2) is 6.64. The first-order chi connectivity index (χ1) is 12.5. The molecule has 27 heavy (non-hydrogen) atoms. The summed E-state index contributed by atoms with van der Waals surface area (Å²) in [4.78, 5) is 20.5. The van der Waals surface area contributed by atoms with E-state index in [0.717, 1.165) is 16.7 Å². The van der Waals surface area contributed by atoms with Crippen LogP contribution < -0.4 is 5.69 Å². The van der Waals surface area contributed by atoms with Crippen LogP contribution >= 0.6 is 0 Å². The molecule has 2 N–H and O–H groups in total. The van der Waals surface area contributed by atoms with Gasteiger partial charge in [-0.2, -0.15) is 0 Å². The predicted molar refractivity (Wildman–Crippen MR) is 107 cm³/mol. The number of nitrogens with one attached hydrogen (secondary N) is 2. The zero-order valence-corrected chi connectivity index (χ0v) is 16.7. The monoisotopic (exact) mass is 366 g/mol. The summed E-state index contributed by atoms with van der Waals surface area (Å²) in [5.74, 6) is 0. The second-order valence-corrected chi connectivity index (χ2v) is 8.71. The van der Waals surface area contributed by atoms with Crippen molar-refractivity contribution >= 4 is 16.8 Å². The van der Waals surface area contributed by atoms with Crippen LogP contribution in [0.25, 0.3) is 16.8 Å². The lowest BCUT2D eigenvalue weighted by Crippen LogP contribution is -2.11. The molecule has 0 aliphatic carbocycles. The van der Waals surface area contributed by atoms with Crippen molar-refractivity contribution in [2.75, 3.05) is 0 Å². The smallest absolute Gasteiger partial charge is 0.304 e. The van der Waals surface area contributed by atoms with Crippen molar-refractivity contribution in [1.82, 2.24) is 29.5 Å². The van der Waals surface area contributed by atoms with Crippen molar-refractivity contribution in [3.05, 3.63) is 58.5 Å². The van der Waals surface area contributed by atoms with E-state index in [0.29, 0.717) is 5.65 Å². The van der Waals surface area contributed by atoms with Gasteiger partial charge in [0.1, 0.15) is 6.33 Å². The SMILES string of the molecule is CC(C)(C)c1ccc2nncn2c1.CC(C)(C)c1cnc2[nH]c(=O)[nH]c2c1. The molecule has 7 nitrogen and oxygen atoms in total. The summed E-state index contributed by atoms with van der Waals surface area (Å²) in [6.45, 7) is 12.9. The van der Waals surface area contributed by atoms with E-state index in [-0.39, 0.29) is 16.5 Å². The van der Waals surface area contributed by atoms with Crippen molar-refractivity contribution < 1.29 is 0 Å². The largest absolute Gasteiger partial charge is 0.325 e. The molecule has 0 saturated carbocycles. The maximum Gasteiger partial charge on any atom is 0.325 e. The van der Waals surface area contributed by atoms with E-state index in [1.165, 1.54) is 5.56 Å². The van der Waals surface area contributed by atoms with Crippen molar-refractivity contribution in [3.63, 3.8) is 0 Å².